The van der Waals surface area contributed by atoms with Crippen molar-refractivity contribution in [1.82, 2.24) is 0 Å². The SMILES string of the molecule is Cc1cc([C@@H](C)Nc2cccc(F)c2-c2ccc(C=O)c(B3OC(C)(C)C(C)(C)O3)c2)c2oc(N3CCC(C)(C)CC3)c(C)c(=O)c2c1. The van der Waals surface area contributed by atoms with E-state index in [-0.39, 0.29) is 16.9 Å². The van der Waals surface area contributed by atoms with Gasteiger partial charge >= 0.3 is 7.12 Å². The van der Waals surface area contributed by atoms with Gasteiger partial charge in [0.15, 0.2) is 5.43 Å². The molecular formula is C39H46BFN2O5. The standard InChI is InChI=1S/C39H46BFN2O5/c1-23-19-28(35-29(20-23)34(45)24(2)36(46-35)43-17-15-37(4,5)16-18-43)25(3)42-32-12-10-11-31(41)33(32)26-13-14-27(22-44)30(21-26)40-47-38(6,7)39(8,9)48-40/h10-14,19-22,25,42H,15-18H2,1-9H3/t25-/m1/s1. The van der Waals surface area contributed by atoms with Crippen LogP contribution in [-0.2, 0) is 9.31 Å². The molecule has 2 aliphatic rings. The minimum Gasteiger partial charge on any atom is -0.440 e. The Bertz CT molecular complexity index is 1940. The van der Waals surface area contributed by atoms with Gasteiger partial charge in [-0.15, -0.1) is 0 Å². The van der Waals surface area contributed by atoms with E-state index in [2.05, 4.69) is 24.1 Å². The number of benzene rings is 3. The van der Waals surface area contributed by atoms with Gasteiger partial charge < -0.3 is 23.9 Å². The fourth-order valence-electron chi connectivity index (χ4n) is 6.76. The molecule has 1 atom stereocenters. The van der Waals surface area contributed by atoms with Crippen LogP contribution in [-0.4, -0.2) is 37.7 Å². The van der Waals surface area contributed by atoms with Crippen molar-refractivity contribution in [2.45, 2.75) is 92.4 Å². The van der Waals surface area contributed by atoms with E-state index in [0.29, 0.717) is 50.3 Å². The third kappa shape index (κ3) is 6.07. The van der Waals surface area contributed by atoms with Gasteiger partial charge in [-0.2, -0.15) is 0 Å². The summed E-state index contributed by atoms with van der Waals surface area (Å²) < 4.78 is 35.0. The molecule has 4 aromatic rings. The van der Waals surface area contributed by atoms with Crippen molar-refractivity contribution in [1.29, 1.82) is 0 Å². The molecule has 48 heavy (non-hydrogen) atoms. The van der Waals surface area contributed by atoms with Crippen molar-refractivity contribution in [2.24, 2.45) is 5.41 Å². The van der Waals surface area contributed by atoms with Crippen LogP contribution >= 0.6 is 0 Å². The van der Waals surface area contributed by atoms with E-state index in [9.17, 15) is 9.59 Å². The monoisotopic (exact) mass is 652 g/mol. The number of carbonyl (C=O) groups is 1. The summed E-state index contributed by atoms with van der Waals surface area (Å²) in [6.45, 7) is 19.8. The second kappa shape index (κ2) is 12.2. The number of fused-ring (bicyclic) bond motifs is 1. The first-order valence-electron chi connectivity index (χ1n) is 16.8. The fraction of sp³-hybridized carbons (Fsp3) is 0.436. The van der Waals surface area contributed by atoms with Crippen molar-refractivity contribution in [3.8, 4) is 11.1 Å². The summed E-state index contributed by atoms with van der Waals surface area (Å²) in [6.07, 6.45) is 2.79. The van der Waals surface area contributed by atoms with Gasteiger partial charge in [0.05, 0.1) is 28.2 Å². The molecule has 0 amide bonds. The van der Waals surface area contributed by atoms with Crippen LogP contribution in [0, 0.1) is 25.1 Å². The maximum atomic E-state index is 15.8. The zero-order chi connectivity index (χ0) is 34.8. The number of nitrogens with zero attached hydrogens (tertiary/aromatic N) is 1. The van der Waals surface area contributed by atoms with Gasteiger partial charge in [-0.05, 0) is 102 Å². The second-order valence-electron chi connectivity index (χ2n) is 15.3. The lowest BCUT2D eigenvalue weighted by atomic mass is 9.75. The average molecular weight is 653 g/mol. The number of piperidine rings is 1. The van der Waals surface area contributed by atoms with E-state index < -0.39 is 24.1 Å². The molecule has 9 heteroatoms. The molecule has 0 spiro atoms. The van der Waals surface area contributed by atoms with Crippen LogP contribution in [0.15, 0.2) is 57.7 Å². The van der Waals surface area contributed by atoms with Crippen LogP contribution in [0.25, 0.3) is 22.1 Å². The maximum Gasteiger partial charge on any atom is 0.495 e. The highest BCUT2D eigenvalue weighted by Gasteiger charge is 2.52. The quantitative estimate of drug-likeness (QED) is 0.160. The first kappa shape index (κ1) is 33.9. The Morgan fingerprint density at radius 2 is 1.62 bits per heavy atom. The van der Waals surface area contributed by atoms with Gasteiger partial charge in [-0.1, -0.05) is 44.2 Å². The minimum absolute atomic E-state index is 0.0369. The third-order valence-electron chi connectivity index (χ3n) is 10.6. The molecule has 1 aromatic heterocycles. The Morgan fingerprint density at radius 3 is 2.27 bits per heavy atom. The molecule has 1 N–H and O–H groups in total. The molecule has 2 saturated heterocycles. The molecule has 7 nitrogen and oxygen atoms in total. The largest absolute Gasteiger partial charge is 0.495 e. The van der Waals surface area contributed by atoms with Gasteiger partial charge in [0.25, 0.3) is 0 Å². The zero-order valence-corrected chi connectivity index (χ0v) is 29.5. The lowest BCUT2D eigenvalue weighted by Crippen LogP contribution is -2.41. The summed E-state index contributed by atoms with van der Waals surface area (Å²) in [7, 11) is -0.789. The Hall–Kier alpha value is -3.95. The molecule has 3 heterocycles. The molecule has 3 aromatic carbocycles. The van der Waals surface area contributed by atoms with Crippen LogP contribution in [0.3, 0.4) is 0 Å². The summed E-state index contributed by atoms with van der Waals surface area (Å²) in [6, 6.07) is 13.7. The molecule has 0 unspecified atom stereocenters. The van der Waals surface area contributed by atoms with Gasteiger partial charge in [0.2, 0.25) is 5.88 Å². The summed E-state index contributed by atoms with van der Waals surface area (Å²) >= 11 is 0. The smallest absolute Gasteiger partial charge is 0.440 e. The van der Waals surface area contributed by atoms with Crippen LogP contribution < -0.4 is 21.1 Å². The van der Waals surface area contributed by atoms with Gasteiger partial charge in [0, 0.05) is 35.5 Å². The Kier molecular flexibility index (Phi) is 8.61. The number of aryl methyl sites for hydroxylation is 1. The Morgan fingerprint density at radius 1 is 0.958 bits per heavy atom. The topological polar surface area (TPSA) is 81.0 Å². The van der Waals surface area contributed by atoms with Crippen molar-refractivity contribution < 1.29 is 22.9 Å². The number of anilines is 2. The van der Waals surface area contributed by atoms with Crippen molar-refractivity contribution in [2.75, 3.05) is 23.3 Å². The predicted molar refractivity (Wildman–Crippen MR) is 192 cm³/mol. The number of rotatable bonds is 7. The zero-order valence-electron chi connectivity index (χ0n) is 29.5. The molecule has 0 saturated carbocycles. The lowest BCUT2D eigenvalue weighted by Gasteiger charge is -2.37. The second-order valence-corrected chi connectivity index (χ2v) is 15.3. The molecule has 0 aliphatic carbocycles. The third-order valence-corrected chi connectivity index (χ3v) is 10.6. The van der Waals surface area contributed by atoms with E-state index in [1.165, 1.54) is 6.07 Å². The van der Waals surface area contributed by atoms with E-state index in [1.807, 2.05) is 66.7 Å². The van der Waals surface area contributed by atoms with E-state index in [4.69, 9.17) is 13.7 Å². The highest BCUT2D eigenvalue weighted by atomic mass is 19.1. The number of halogens is 1. The van der Waals surface area contributed by atoms with Crippen molar-refractivity contribution in [3.63, 3.8) is 0 Å². The predicted octanol–water partition coefficient (Wildman–Crippen LogP) is 8.13. The molecular weight excluding hydrogens is 606 g/mol. The van der Waals surface area contributed by atoms with Crippen LogP contribution in [0.4, 0.5) is 16.0 Å². The highest BCUT2D eigenvalue weighted by molar-refractivity contribution is 6.63. The first-order chi connectivity index (χ1) is 22.5. The molecule has 0 radical (unpaired) electrons. The molecule has 252 valence electrons. The molecule has 0 bridgehead atoms. The molecule has 6 rings (SSSR count). The molecule has 2 fully saturated rings. The van der Waals surface area contributed by atoms with Gasteiger partial charge in [-0.25, -0.2) is 4.39 Å². The van der Waals surface area contributed by atoms with Crippen molar-refractivity contribution >= 4 is 41.4 Å². The van der Waals surface area contributed by atoms with Gasteiger partial charge in [0.1, 0.15) is 17.7 Å². The summed E-state index contributed by atoms with van der Waals surface area (Å²) in [5, 5.41) is 4.06. The normalized spacial score (nSPS) is 19.0. The minimum atomic E-state index is -0.789. The number of carbonyl (C=O) groups excluding carboxylic acids is 1. The Labute approximate surface area is 283 Å². The van der Waals surface area contributed by atoms with Gasteiger partial charge in [-0.3, -0.25) is 9.59 Å². The van der Waals surface area contributed by atoms with Crippen molar-refractivity contribution in [3.05, 3.63) is 86.8 Å². The van der Waals surface area contributed by atoms with E-state index in [0.717, 1.165) is 43.3 Å². The van der Waals surface area contributed by atoms with E-state index in [1.54, 1.807) is 24.3 Å². The van der Waals surface area contributed by atoms with Crippen LogP contribution in [0.1, 0.15) is 94.4 Å². The highest BCUT2D eigenvalue weighted by Crippen LogP contribution is 2.39. The fourth-order valence-corrected chi connectivity index (χ4v) is 6.76. The molecule has 2 aliphatic heterocycles. The summed E-state index contributed by atoms with van der Waals surface area (Å²) in [4.78, 5) is 28.0. The lowest BCUT2D eigenvalue weighted by molar-refractivity contribution is 0.00578. The maximum absolute atomic E-state index is 15.8. The Balaban J connectivity index is 1.40. The van der Waals surface area contributed by atoms with Crippen LogP contribution in [0.2, 0.25) is 0 Å². The number of hydrogen-bond donors (Lipinski definition) is 1. The first-order valence-corrected chi connectivity index (χ1v) is 16.8. The van der Waals surface area contributed by atoms with Crippen LogP contribution in [0.5, 0.6) is 0 Å². The summed E-state index contributed by atoms with van der Waals surface area (Å²) in [5.74, 6) is 0.203. The number of hydrogen-bond acceptors (Lipinski definition) is 7. The number of nitrogens with one attached hydrogen (secondary N) is 1. The number of aldehydes is 1. The summed E-state index contributed by atoms with van der Waals surface area (Å²) in [5.41, 5.74) is 4.33. The van der Waals surface area contributed by atoms with E-state index >= 15 is 4.39 Å². The average Bonchev–Trinajstić information content (AvgIpc) is 3.24.